The monoisotopic (exact) mass is 356 g/mol. The molecule has 0 fully saturated rings. The van der Waals surface area contributed by atoms with Crippen molar-refractivity contribution in [1.82, 2.24) is 14.8 Å². The number of nitrogens with one attached hydrogen (secondary N) is 1. The van der Waals surface area contributed by atoms with E-state index >= 15 is 0 Å². The first kappa shape index (κ1) is 16.0. The van der Waals surface area contributed by atoms with Crippen molar-refractivity contribution in [3.63, 3.8) is 0 Å². The van der Waals surface area contributed by atoms with E-state index in [0.29, 0.717) is 12.4 Å². The molecule has 5 heteroatoms. The lowest BCUT2D eigenvalue weighted by molar-refractivity contribution is -0.116. The van der Waals surface area contributed by atoms with Crippen molar-refractivity contribution >= 4 is 11.7 Å². The second-order valence-electron chi connectivity index (χ2n) is 7.24. The van der Waals surface area contributed by atoms with Gasteiger partial charge in [0.25, 0.3) is 0 Å². The summed E-state index contributed by atoms with van der Waals surface area (Å²) in [4.78, 5) is 17.7. The number of fused-ring (bicyclic) bond motifs is 1. The Labute approximate surface area is 157 Å². The first-order valence-corrected chi connectivity index (χ1v) is 9.25. The maximum Gasteiger partial charge on any atom is 0.226 e. The van der Waals surface area contributed by atoms with E-state index in [2.05, 4.69) is 46.6 Å². The SMILES string of the molecule is Cc1ccccc1C1C2=C(CC(c3ccccc3)CC2=O)Nc2ncnn21. The van der Waals surface area contributed by atoms with Crippen molar-refractivity contribution in [1.29, 1.82) is 0 Å². The van der Waals surface area contributed by atoms with Crippen LogP contribution in [0.5, 0.6) is 0 Å². The number of aromatic nitrogens is 3. The second-order valence-corrected chi connectivity index (χ2v) is 7.24. The highest BCUT2D eigenvalue weighted by molar-refractivity contribution is 6.00. The van der Waals surface area contributed by atoms with Gasteiger partial charge >= 0.3 is 0 Å². The third-order valence-corrected chi connectivity index (χ3v) is 5.62. The molecule has 1 aliphatic carbocycles. The smallest absolute Gasteiger partial charge is 0.226 e. The summed E-state index contributed by atoms with van der Waals surface area (Å²) in [6, 6.07) is 18.3. The number of allylic oxidation sites excluding steroid dienone is 2. The zero-order valence-electron chi connectivity index (χ0n) is 15.1. The van der Waals surface area contributed by atoms with Crippen molar-refractivity contribution in [2.75, 3.05) is 5.32 Å². The maximum atomic E-state index is 13.3. The fraction of sp³-hybridized carbons (Fsp3) is 0.227. The van der Waals surface area contributed by atoms with E-state index in [1.807, 2.05) is 35.0 Å². The minimum absolute atomic E-state index is 0.187. The quantitative estimate of drug-likeness (QED) is 0.754. The summed E-state index contributed by atoms with van der Waals surface area (Å²) in [5.74, 6) is 1.08. The molecular formula is C22H20N4O. The van der Waals surface area contributed by atoms with Crippen molar-refractivity contribution in [3.8, 4) is 0 Å². The molecule has 5 rings (SSSR count). The third-order valence-electron chi connectivity index (χ3n) is 5.62. The number of carbonyl (C=O) groups excluding carboxylic acids is 1. The number of rotatable bonds is 2. The van der Waals surface area contributed by atoms with Crippen LogP contribution in [0.3, 0.4) is 0 Å². The third kappa shape index (κ3) is 2.58. The van der Waals surface area contributed by atoms with Crippen LogP contribution in [-0.4, -0.2) is 20.5 Å². The van der Waals surface area contributed by atoms with E-state index in [4.69, 9.17) is 0 Å². The topological polar surface area (TPSA) is 59.8 Å². The van der Waals surface area contributed by atoms with Crippen LogP contribution in [-0.2, 0) is 4.79 Å². The van der Waals surface area contributed by atoms with Crippen molar-refractivity contribution in [2.24, 2.45) is 0 Å². The van der Waals surface area contributed by atoms with Crippen LogP contribution in [0.25, 0.3) is 0 Å². The number of Topliss-reactive ketones (excluding diaryl/α,β-unsaturated/α-hetero) is 1. The van der Waals surface area contributed by atoms with Gasteiger partial charge in [-0.15, -0.1) is 0 Å². The van der Waals surface area contributed by atoms with Crippen molar-refractivity contribution in [3.05, 3.63) is 88.9 Å². The summed E-state index contributed by atoms with van der Waals surface area (Å²) in [7, 11) is 0. The Bertz CT molecular complexity index is 1050. The molecule has 2 aliphatic rings. The molecule has 0 bridgehead atoms. The van der Waals surface area contributed by atoms with Gasteiger partial charge in [0.05, 0.1) is 0 Å². The number of ketones is 1. The predicted octanol–water partition coefficient (Wildman–Crippen LogP) is 4.00. The highest BCUT2D eigenvalue weighted by Crippen LogP contribution is 2.44. The lowest BCUT2D eigenvalue weighted by Gasteiger charge is -2.35. The van der Waals surface area contributed by atoms with E-state index in [9.17, 15) is 4.79 Å². The van der Waals surface area contributed by atoms with Gasteiger partial charge in [0.2, 0.25) is 5.95 Å². The minimum Gasteiger partial charge on any atom is -0.328 e. The molecule has 2 atom stereocenters. The molecule has 1 aromatic heterocycles. The molecular weight excluding hydrogens is 336 g/mol. The number of carbonyl (C=O) groups is 1. The Balaban J connectivity index is 1.63. The van der Waals surface area contributed by atoms with Crippen LogP contribution in [0, 0.1) is 6.92 Å². The highest BCUT2D eigenvalue weighted by atomic mass is 16.1. The number of nitrogens with zero attached hydrogens (tertiary/aromatic N) is 3. The molecule has 1 aliphatic heterocycles. The normalized spacial score (nSPS) is 21.4. The molecule has 0 saturated carbocycles. The average molecular weight is 356 g/mol. The standard InChI is InChI=1S/C22H20N4O/c1-14-7-5-6-10-17(14)21-20-18(25-22-23-13-24-26(21)22)11-16(12-19(20)27)15-8-3-2-4-9-15/h2-10,13,16,21H,11-12H2,1H3,(H,23,24,25). The van der Waals surface area contributed by atoms with E-state index < -0.39 is 0 Å². The molecule has 0 radical (unpaired) electrons. The molecule has 1 N–H and O–H groups in total. The number of aryl methyl sites for hydroxylation is 1. The molecule has 2 unspecified atom stereocenters. The molecule has 5 nitrogen and oxygen atoms in total. The number of anilines is 1. The summed E-state index contributed by atoms with van der Waals surface area (Å²) < 4.78 is 1.84. The molecule has 3 aromatic rings. The van der Waals surface area contributed by atoms with Gasteiger partial charge in [0, 0.05) is 17.7 Å². The van der Waals surface area contributed by atoms with Gasteiger partial charge in [-0.2, -0.15) is 10.1 Å². The first-order chi connectivity index (χ1) is 13.2. The zero-order chi connectivity index (χ0) is 18.4. The molecule has 0 saturated heterocycles. The Kier molecular flexibility index (Phi) is 3.67. The molecule has 27 heavy (non-hydrogen) atoms. The van der Waals surface area contributed by atoms with Gasteiger partial charge in [-0.1, -0.05) is 54.6 Å². The van der Waals surface area contributed by atoms with E-state index in [-0.39, 0.29) is 17.7 Å². The fourth-order valence-electron chi connectivity index (χ4n) is 4.29. The molecule has 2 heterocycles. The average Bonchev–Trinajstić information content (AvgIpc) is 3.16. The van der Waals surface area contributed by atoms with Gasteiger partial charge < -0.3 is 5.32 Å². The number of benzene rings is 2. The lowest BCUT2D eigenvalue weighted by Crippen LogP contribution is -2.33. The first-order valence-electron chi connectivity index (χ1n) is 9.25. The van der Waals surface area contributed by atoms with Crippen LogP contribution in [0.1, 0.15) is 41.5 Å². The Morgan fingerprint density at radius 3 is 2.63 bits per heavy atom. The summed E-state index contributed by atoms with van der Waals surface area (Å²) in [5.41, 5.74) is 5.27. The predicted molar refractivity (Wildman–Crippen MR) is 103 cm³/mol. The number of hydrogen-bond acceptors (Lipinski definition) is 4. The Morgan fingerprint density at radius 2 is 1.81 bits per heavy atom. The van der Waals surface area contributed by atoms with Crippen LogP contribution >= 0.6 is 0 Å². The zero-order valence-corrected chi connectivity index (χ0v) is 15.1. The molecule has 2 aromatic carbocycles. The highest BCUT2D eigenvalue weighted by Gasteiger charge is 2.39. The van der Waals surface area contributed by atoms with E-state index in [1.54, 1.807) is 6.33 Å². The Morgan fingerprint density at radius 1 is 1.04 bits per heavy atom. The number of hydrogen-bond donors (Lipinski definition) is 1. The summed E-state index contributed by atoms with van der Waals surface area (Å²) in [5, 5.41) is 7.79. The molecule has 134 valence electrons. The Hall–Kier alpha value is -3.21. The minimum atomic E-state index is -0.218. The van der Waals surface area contributed by atoms with Crippen molar-refractivity contribution < 1.29 is 4.79 Å². The van der Waals surface area contributed by atoms with Gasteiger partial charge in [0.15, 0.2) is 5.78 Å². The molecule has 0 amide bonds. The van der Waals surface area contributed by atoms with Crippen molar-refractivity contribution in [2.45, 2.75) is 31.7 Å². The van der Waals surface area contributed by atoms with E-state index in [1.165, 1.54) is 5.56 Å². The van der Waals surface area contributed by atoms with E-state index in [0.717, 1.165) is 28.8 Å². The van der Waals surface area contributed by atoms with Gasteiger partial charge in [-0.25, -0.2) is 4.68 Å². The van der Waals surface area contributed by atoms with Gasteiger partial charge in [-0.3, -0.25) is 4.79 Å². The second kappa shape index (κ2) is 6.20. The van der Waals surface area contributed by atoms with Gasteiger partial charge in [-0.05, 0) is 36.0 Å². The van der Waals surface area contributed by atoms with Crippen LogP contribution in [0.2, 0.25) is 0 Å². The summed E-state index contributed by atoms with van der Waals surface area (Å²) in [6.45, 7) is 2.08. The maximum absolute atomic E-state index is 13.3. The summed E-state index contributed by atoms with van der Waals surface area (Å²) in [6.07, 6.45) is 2.88. The van der Waals surface area contributed by atoms with Crippen LogP contribution in [0.4, 0.5) is 5.95 Å². The van der Waals surface area contributed by atoms with Crippen LogP contribution < -0.4 is 5.32 Å². The largest absolute Gasteiger partial charge is 0.328 e. The van der Waals surface area contributed by atoms with Crippen LogP contribution in [0.15, 0.2) is 72.2 Å². The lowest BCUT2D eigenvalue weighted by atomic mass is 9.77. The fourth-order valence-corrected chi connectivity index (χ4v) is 4.29. The van der Waals surface area contributed by atoms with Gasteiger partial charge in [0.1, 0.15) is 12.4 Å². The molecule has 0 spiro atoms. The summed E-state index contributed by atoms with van der Waals surface area (Å²) >= 11 is 0.